The van der Waals surface area contributed by atoms with E-state index in [0.717, 1.165) is 11.4 Å². The van der Waals surface area contributed by atoms with Crippen molar-refractivity contribution in [2.45, 2.75) is 0 Å². The summed E-state index contributed by atoms with van der Waals surface area (Å²) in [6.07, 6.45) is 4.46. The number of hydrogen-bond donors (Lipinski definition) is 0. The second kappa shape index (κ2) is 8.59. The molecule has 0 N–H and O–H groups in total. The predicted molar refractivity (Wildman–Crippen MR) is 159 cm³/mol. The van der Waals surface area contributed by atoms with E-state index in [2.05, 4.69) is 159 Å². The number of aromatic nitrogens is 2. The van der Waals surface area contributed by atoms with Crippen LogP contribution in [0.5, 0.6) is 0 Å². The van der Waals surface area contributed by atoms with Crippen LogP contribution in [0.1, 0.15) is 0 Å². The summed E-state index contributed by atoms with van der Waals surface area (Å²) in [5.74, 6) is 1.18. The van der Waals surface area contributed by atoms with Gasteiger partial charge in [0.15, 0.2) is 0 Å². The number of fused-ring (bicyclic) bond motifs is 4. The molecule has 0 amide bonds. The average molecular weight is 553 g/mol. The third kappa shape index (κ3) is 3.24. The summed E-state index contributed by atoms with van der Waals surface area (Å²) in [6, 6.07) is 45.8. The molecule has 6 aromatic rings. The fourth-order valence-corrected chi connectivity index (χ4v) is 8.19. The molecule has 0 saturated heterocycles. The monoisotopic (exact) mass is 554 g/mol. The minimum absolute atomic E-state index is 0.113. The van der Waals surface area contributed by atoms with Crippen LogP contribution in [0.15, 0.2) is 140 Å². The van der Waals surface area contributed by atoms with Crippen molar-refractivity contribution >= 4 is 70.7 Å². The van der Waals surface area contributed by atoms with Gasteiger partial charge in [0.25, 0.3) is 0 Å². The van der Waals surface area contributed by atoms with Crippen LogP contribution in [0.2, 0.25) is 0 Å². The molecule has 2 aliphatic heterocycles. The molecule has 2 aromatic heterocycles. The second-order valence-electron chi connectivity index (χ2n) is 9.56. The SMILES string of the molecule is c1ccc(N(c2ccccc2)c2cc3c4c(c2)N(c2ccccc2)c2cccn2B4n2cccc2[Se]3)cc1. The van der Waals surface area contributed by atoms with Crippen LogP contribution in [0.4, 0.5) is 34.3 Å². The Morgan fingerprint density at radius 1 is 0.579 bits per heavy atom. The number of benzene rings is 4. The van der Waals surface area contributed by atoms with Gasteiger partial charge in [-0.3, -0.25) is 0 Å². The van der Waals surface area contributed by atoms with E-state index in [9.17, 15) is 0 Å². The van der Waals surface area contributed by atoms with Gasteiger partial charge in [-0.2, -0.15) is 0 Å². The van der Waals surface area contributed by atoms with Gasteiger partial charge in [0, 0.05) is 0 Å². The standard InChI is InChI=1S/C32H23BN4Se/c1-4-12-24(13-5-1)36(25-14-6-2-7-15-25)27-22-28-32-29(23-27)38-31-19-11-21-35(31)33(32)34-20-10-18-30(34)37(28)26-16-8-3-9-17-26/h1-23H. The molecule has 38 heavy (non-hydrogen) atoms. The Kier molecular flexibility index (Phi) is 4.90. The van der Waals surface area contributed by atoms with Crippen molar-refractivity contribution in [3.63, 3.8) is 0 Å². The number of nitrogens with zero attached hydrogens (tertiary/aromatic N) is 4. The quantitative estimate of drug-likeness (QED) is 0.275. The van der Waals surface area contributed by atoms with E-state index in [1.54, 1.807) is 0 Å². The molecule has 0 atom stereocenters. The van der Waals surface area contributed by atoms with Gasteiger partial charge in [-0.1, -0.05) is 0 Å². The Morgan fingerprint density at radius 3 is 1.92 bits per heavy atom. The molecule has 0 saturated carbocycles. The van der Waals surface area contributed by atoms with E-state index >= 15 is 0 Å². The zero-order valence-corrected chi connectivity index (χ0v) is 22.3. The van der Waals surface area contributed by atoms with Crippen LogP contribution < -0.4 is 24.3 Å². The van der Waals surface area contributed by atoms with Crippen molar-refractivity contribution in [3.8, 4) is 0 Å². The molecule has 180 valence electrons. The van der Waals surface area contributed by atoms with E-state index in [-0.39, 0.29) is 21.9 Å². The molecule has 0 fully saturated rings. The average Bonchev–Trinajstić information content (AvgIpc) is 3.65. The Hall–Kier alpha value is -4.38. The van der Waals surface area contributed by atoms with Gasteiger partial charge in [0.1, 0.15) is 0 Å². The van der Waals surface area contributed by atoms with Gasteiger partial charge in [0.05, 0.1) is 0 Å². The molecule has 0 aliphatic carbocycles. The summed E-state index contributed by atoms with van der Waals surface area (Å²) in [7, 11) is 0. The van der Waals surface area contributed by atoms with Crippen molar-refractivity contribution in [2.75, 3.05) is 9.80 Å². The van der Waals surface area contributed by atoms with Crippen LogP contribution in [0, 0.1) is 0 Å². The maximum atomic E-state index is 2.46. The molecule has 4 aromatic carbocycles. The minimum atomic E-state index is 0.113. The van der Waals surface area contributed by atoms with E-state index in [1.165, 1.54) is 37.4 Å². The first-order chi connectivity index (χ1) is 18.9. The molecule has 8 rings (SSSR count). The van der Waals surface area contributed by atoms with Crippen molar-refractivity contribution < 1.29 is 0 Å². The normalized spacial score (nSPS) is 13.1. The topological polar surface area (TPSA) is 16.3 Å². The molecule has 0 spiro atoms. The Bertz CT molecular complexity index is 1720. The van der Waals surface area contributed by atoms with Crippen LogP contribution in [0.25, 0.3) is 0 Å². The summed E-state index contributed by atoms with van der Waals surface area (Å²) in [4.78, 5) is 4.81. The molecule has 4 heterocycles. The Balaban J connectivity index is 1.42. The first-order valence-electron chi connectivity index (χ1n) is 12.8. The van der Waals surface area contributed by atoms with Crippen LogP contribution in [-0.2, 0) is 0 Å². The first kappa shape index (κ1) is 21.7. The molecule has 2 aliphatic rings. The predicted octanol–water partition coefficient (Wildman–Crippen LogP) is 5.30. The molecule has 0 unspecified atom stereocenters. The molecule has 6 heteroatoms. The van der Waals surface area contributed by atoms with Crippen molar-refractivity contribution in [3.05, 3.63) is 140 Å². The first-order valence-corrected chi connectivity index (χ1v) is 14.5. The maximum absolute atomic E-state index is 2.46. The zero-order chi connectivity index (χ0) is 25.1. The van der Waals surface area contributed by atoms with Gasteiger partial charge < -0.3 is 0 Å². The van der Waals surface area contributed by atoms with Crippen LogP contribution in [-0.4, -0.2) is 30.9 Å². The third-order valence-corrected chi connectivity index (χ3v) is 9.71. The van der Waals surface area contributed by atoms with Crippen LogP contribution in [0.3, 0.4) is 0 Å². The second-order valence-corrected chi connectivity index (χ2v) is 11.8. The van der Waals surface area contributed by atoms with Gasteiger partial charge in [-0.15, -0.1) is 0 Å². The number of hydrogen-bond acceptors (Lipinski definition) is 2. The van der Waals surface area contributed by atoms with E-state index in [0.29, 0.717) is 0 Å². The number of para-hydroxylation sites is 3. The van der Waals surface area contributed by atoms with Gasteiger partial charge in [0.2, 0.25) is 0 Å². The van der Waals surface area contributed by atoms with Crippen LogP contribution >= 0.6 is 0 Å². The van der Waals surface area contributed by atoms with Crippen molar-refractivity contribution in [1.82, 2.24) is 8.96 Å². The molecule has 0 bridgehead atoms. The molecular formula is C32H23BN4Se. The van der Waals surface area contributed by atoms with Crippen molar-refractivity contribution in [1.29, 1.82) is 0 Å². The number of rotatable bonds is 4. The summed E-state index contributed by atoms with van der Waals surface area (Å²) < 4.78 is 7.71. The zero-order valence-electron chi connectivity index (χ0n) is 20.6. The van der Waals surface area contributed by atoms with Gasteiger partial charge >= 0.3 is 229 Å². The summed E-state index contributed by atoms with van der Waals surface area (Å²) >= 11 is 0.187. The summed E-state index contributed by atoms with van der Waals surface area (Å²) in [6.45, 7) is 0.113. The summed E-state index contributed by atoms with van der Waals surface area (Å²) in [5, 5.41) is 0. The van der Waals surface area contributed by atoms with E-state index in [1.807, 2.05) is 0 Å². The fourth-order valence-electron chi connectivity index (χ4n) is 5.80. The van der Waals surface area contributed by atoms with E-state index in [4.69, 9.17) is 0 Å². The van der Waals surface area contributed by atoms with Crippen molar-refractivity contribution in [2.24, 2.45) is 0 Å². The summed E-state index contributed by atoms with van der Waals surface area (Å²) in [5.41, 5.74) is 7.29. The molecule has 4 nitrogen and oxygen atoms in total. The van der Waals surface area contributed by atoms with E-state index < -0.39 is 0 Å². The fraction of sp³-hybridized carbons (Fsp3) is 0. The number of anilines is 6. The Labute approximate surface area is 228 Å². The molecular weight excluding hydrogens is 530 g/mol. The van der Waals surface area contributed by atoms with Gasteiger partial charge in [-0.05, 0) is 0 Å². The third-order valence-electron chi connectivity index (χ3n) is 7.37. The Morgan fingerprint density at radius 2 is 1.21 bits per heavy atom. The van der Waals surface area contributed by atoms with Gasteiger partial charge in [-0.25, -0.2) is 0 Å². The molecule has 0 radical (unpaired) electrons.